The third-order valence-corrected chi connectivity index (χ3v) is 4.90. The number of hydrogen-bond acceptors (Lipinski definition) is 5. The van der Waals surface area contributed by atoms with Gasteiger partial charge in [-0.25, -0.2) is 4.79 Å². The van der Waals surface area contributed by atoms with Gasteiger partial charge < -0.3 is 8.98 Å². The second-order valence-electron chi connectivity index (χ2n) is 6.69. The van der Waals surface area contributed by atoms with Crippen LogP contribution < -0.4 is 11.2 Å². The second-order valence-corrected chi connectivity index (χ2v) is 6.69. The molecule has 0 fully saturated rings. The third-order valence-electron chi connectivity index (χ3n) is 4.90. The summed E-state index contributed by atoms with van der Waals surface area (Å²) in [5.74, 6) is 1.03. The molecule has 27 heavy (non-hydrogen) atoms. The highest BCUT2D eigenvalue weighted by atomic mass is 16.3. The Hall–Kier alpha value is -3.36. The normalized spacial score (nSPS) is 11.7. The van der Waals surface area contributed by atoms with E-state index < -0.39 is 11.2 Å². The Morgan fingerprint density at radius 1 is 1.19 bits per heavy atom. The number of Topliss-reactive ketones (excluding diaryl/α,β-unsaturated/α-hetero) is 1. The van der Waals surface area contributed by atoms with E-state index in [0.717, 1.165) is 21.7 Å². The molecule has 4 heterocycles. The number of aryl methyl sites for hydroxylation is 2. The summed E-state index contributed by atoms with van der Waals surface area (Å²) in [6.45, 7) is 5.36. The Kier molecular flexibility index (Phi) is 3.69. The first-order valence-electron chi connectivity index (χ1n) is 8.50. The largest absolute Gasteiger partial charge is 0.467 e. The van der Waals surface area contributed by atoms with Gasteiger partial charge in [0.15, 0.2) is 11.2 Å². The van der Waals surface area contributed by atoms with Crippen molar-refractivity contribution in [2.75, 3.05) is 0 Å². The van der Waals surface area contributed by atoms with Gasteiger partial charge in [-0.15, -0.1) is 0 Å². The first-order valence-corrected chi connectivity index (χ1v) is 8.50. The molecule has 0 radical (unpaired) electrons. The lowest BCUT2D eigenvalue weighted by molar-refractivity contribution is -0.117. The minimum atomic E-state index is -0.560. The van der Waals surface area contributed by atoms with Crippen molar-refractivity contribution >= 4 is 22.7 Å². The number of hydrogen-bond donors (Lipinski definition) is 0. The van der Waals surface area contributed by atoms with E-state index >= 15 is 0 Å². The number of imidazole rings is 2. The van der Waals surface area contributed by atoms with Crippen LogP contribution in [-0.2, 0) is 24.9 Å². The second kappa shape index (κ2) is 5.83. The van der Waals surface area contributed by atoms with Crippen LogP contribution in [0.2, 0.25) is 0 Å². The van der Waals surface area contributed by atoms with E-state index in [-0.39, 0.29) is 23.5 Å². The fourth-order valence-corrected chi connectivity index (χ4v) is 3.42. The van der Waals surface area contributed by atoms with Crippen LogP contribution in [0.5, 0.6) is 0 Å². The number of furan rings is 1. The molecule has 0 amide bonds. The van der Waals surface area contributed by atoms with Crippen LogP contribution in [0.25, 0.3) is 16.9 Å². The topological polar surface area (TPSA) is 96.4 Å². The predicted octanol–water partition coefficient (Wildman–Crippen LogP) is 0.997. The molecule has 0 unspecified atom stereocenters. The van der Waals surface area contributed by atoms with Crippen molar-refractivity contribution in [1.29, 1.82) is 0 Å². The molecule has 0 aliphatic carbocycles. The van der Waals surface area contributed by atoms with Gasteiger partial charge in [-0.3, -0.25) is 23.1 Å². The molecule has 0 saturated carbocycles. The average Bonchev–Trinajstić information content (AvgIpc) is 3.31. The fraction of sp³-hybridized carbons (Fsp3) is 0.333. The van der Waals surface area contributed by atoms with Gasteiger partial charge in [0.2, 0.25) is 5.78 Å². The highest BCUT2D eigenvalue weighted by molar-refractivity contribution is 5.78. The van der Waals surface area contributed by atoms with Crippen molar-refractivity contribution in [1.82, 2.24) is 23.1 Å². The molecule has 0 atom stereocenters. The highest BCUT2D eigenvalue weighted by Crippen LogP contribution is 2.21. The van der Waals surface area contributed by atoms with Crippen molar-refractivity contribution in [3.8, 4) is 0 Å². The number of rotatable bonds is 4. The van der Waals surface area contributed by atoms with E-state index in [1.165, 1.54) is 11.5 Å². The minimum Gasteiger partial charge on any atom is -0.467 e. The summed E-state index contributed by atoms with van der Waals surface area (Å²) >= 11 is 0. The van der Waals surface area contributed by atoms with Crippen molar-refractivity contribution in [2.24, 2.45) is 7.05 Å². The molecule has 0 spiro atoms. The Balaban J connectivity index is 2.10. The summed E-state index contributed by atoms with van der Waals surface area (Å²) in [5.41, 5.74) is 1.26. The summed E-state index contributed by atoms with van der Waals surface area (Å²) in [7, 11) is 1.55. The van der Waals surface area contributed by atoms with Crippen molar-refractivity contribution in [3.63, 3.8) is 0 Å². The lowest BCUT2D eigenvalue weighted by atomic mass is 10.3. The van der Waals surface area contributed by atoms with Crippen LogP contribution in [0.15, 0.2) is 32.4 Å². The number of carbonyl (C=O) groups is 1. The molecule has 0 N–H and O–H groups in total. The number of carbonyl (C=O) groups excluding carboxylic acids is 1. The molecule has 0 saturated heterocycles. The molecule has 0 aliphatic rings. The van der Waals surface area contributed by atoms with Gasteiger partial charge in [0.25, 0.3) is 5.56 Å². The average molecular weight is 369 g/mol. The molecule has 9 nitrogen and oxygen atoms in total. The van der Waals surface area contributed by atoms with E-state index in [0.29, 0.717) is 12.3 Å². The number of aromatic nitrogens is 5. The quantitative estimate of drug-likeness (QED) is 0.535. The van der Waals surface area contributed by atoms with Gasteiger partial charge in [0.05, 0.1) is 19.4 Å². The molecular weight excluding hydrogens is 350 g/mol. The van der Waals surface area contributed by atoms with Crippen LogP contribution >= 0.6 is 0 Å². The molecule has 9 heteroatoms. The Bertz CT molecular complexity index is 1310. The number of ketones is 1. The smallest absolute Gasteiger partial charge is 0.332 e. The zero-order valence-electron chi connectivity index (χ0n) is 15.5. The maximum Gasteiger partial charge on any atom is 0.332 e. The summed E-state index contributed by atoms with van der Waals surface area (Å²) in [6, 6.07) is 3.67. The Morgan fingerprint density at radius 2 is 1.93 bits per heavy atom. The zero-order valence-corrected chi connectivity index (χ0v) is 15.5. The van der Waals surface area contributed by atoms with Gasteiger partial charge in [-0.2, -0.15) is 4.98 Å². The van der Waals surface area contributed by atoms with Crippen molar-refractivity contribution in [2.45, 2.75) is 33.9 Å². The van der Waals surface area contributed by atoms with Gasteiger partial charge in [0.1, 0.15) is 11.5 Å². The molecule has 4 aromatic rings. The van der Waals surface area contributed by atoms with Gasteiger partial charge in [-0.1, -0.05) is 0 Å². The van der Waals surface area contributed by atoms with E-state index in [4.69, 9.17) is 4.42 Å². The van der Waals surface area contributed by atoms with Gasteiger partial charge in [0, 0.05) is 18.4 Å². The standard InChI is InChI=1S/C18H19N5O4/c1-10(24)8-22-16(25)14-15(20(4)18(22)26)19-17-21(9-13-6-5-7-27-13)11(2)12(3)23(14)17/h5-7H,8-9H2,1-4H3. The maximum absolute atomic E-state index is 13.0. The third kappa shape index (κ3) is 2.38. The fourth-order valence-electron chi connectivity index (χ4n) is 3.42. The summed E-state index contributed by atoms with van der Waals surface area (Å²) < 4.78 is 11.4. The first-order chi connectivity index (χ1) is 12.8. The minimum absolute atomic E-state index is 0.264. The van der Waals surface area contributed by atoms with Crippen LogP contribution in [0.3, 0.4) is 0 Å². The summed E-state index contributed by atoms with van der Waals surface area (Å²) in [5, 5.41) is 0. The SMILES string of the molecule is CC(=O)Cn1c(=O)c2c(nc3n(Cc4ccco4)c(C)c(C)n23)n(C)c1=O. The van der Waals surface area contributed by atoms with Crippen LogP contribution in [-0.4, -0.2) is 28.9 Å². The molecule has 4 aromatic heterocycles. The van der Waals surface area contributed by atoms with Gasteiger partial charge >= 0.3 is 5.69 Å². The summed E-state index contributed by atoms with van der Waals surface area (Å²) in [6.07, 6.45) is 1.60. The van der Waals surface area contributed by atoms with Crippen LogP contribution in [0.1, 0.15) is 24.1 Å². The van der Waals surface area contributed by atoms with Crippen LogP contribution in [0, 0.1) is 13.8 Å². The molecule has 140 valence electrons. The molecular formula is C18H19N5O4. The molecule has 0 aliphatic heterocycles. The zero-order chi connectivity index (χ0) is 19.5. The molecule has 0 bridgehead atoms. The van der Waals surface area contributed by atoms with Crippen molar-refractivity contribution in [3.05, 3.63) is 56.4 Å². The van der Waals surface area contributed by atoms with Crippen LogP contribution in [0.4, 0.5) is 0 Å². The van der Waals surface area contributed by atoms with E-state index in [2.05, 4.69) is 4.98 Å². The number of fused-ring (bicyclic) bond motifs is 3. The monoisotopic (exact) mass is 369 g/mol. The first kappa shape index (κ1) is 17.1. The Labute approximate surface area is 153 Å². The number of nitrogens with zero attached hydrogens (tertiary/aromatic N) is 5. The molecule has 0 aromatic carbocycles. The lowest BCUT2D eigenvalue weighted by Gasteiger charge is -2.07. The summed E-state index contributed by atoms with van der Waals surface area (Å²) in [4.78, 5) is 41.6. The molecule has 4 rings (SSSR count). The maximum atomic E-state index is 13.0. The lowest BCUT2D eigenvalue weighted by Crippen LogP contribution is -2.40. The van der Waals surface area contributed by atoms with Crippen molar-refractivity contribution < 1.29 is 9.21 Å². The Morgan fingerprint density at radius 3 is 2.56 bits per heavy atom. The van der Waals surface area contributed by atoms with E-state index in [1.54, 1.807) is 17.7 Å². The van der Waals surface area contributed by atoms with Gasteiger partial charge in [-0.05, 0) is 32.9 Å². The van der Waals surface area contributed by atoms with E-state index in [9.17, 15) is 14.4 Å². The predicted molar refractivity (Wildman–Crippen MR) is 98.2 cm³/mol. The highest BCUT2D eigenvalue weighted by Gasteiger charge is 2.23. The van der Waals surface area contributed by atoms with E-state index in [1.807, 2.05) is 30.5 Å².